The fourth-order valence-electron chi connectivity index (χ4n) is 2.30. The zero-order valence-corrected chi connectivity index (χ0v) is 8.74. The van der Waals surface area contributed by atoms with Crippen molar-refractivity contribution in [3.63, 3.8) is 0 Å². The number of carbonyl (C=O) groups is 1. The summed E-state index contributed by atoms with van der Waals surface area (Å²) in [7, 11) is 0. The molecule has 0 amide bonds. The average Bonchev–Trinajstić information content (AvgIpc) is 2.16. The summed E-state index contributed by atoms with van der Waals surface area (Å²) in [5.41, 5.74) is 0.247. The number of halogens is 1. The molecule has 1 aliphatic carbocycles. The maximum Gasteiger partial charge on any atom is 0.304 e. The lowest BCUT2D eigenvalue weighted by molar-refractivity contribution is -0.139. The van der Waals surface area contributed by atoms with Gasteiger partial charge in [-0.05, 0) is 30.5 Å². The van der Waals surface area contributed by atoms with Crippen LogP contribution in [-0.4, -0.2) is 16.2 Å². The quantitative estimate of drug-likeness (QED) is 0.829. The number of carboxylic acid groups (broad SMARTS) is 1. The van der Waals surface area contributed by atoms with Crippen LogP contribution in [0.15, 0.2) is 18.2 Å². The van der Waals surface area contributed by atoms with Gasteiger partial charge in [-0.25, -0.2) is 4.39 Å². The van der Waals surface area contributed by atoms with Crippen LogP contribution in [0.4, 0.5) is 4.39 Å². The molecule has 0 aliphatic heterocycles. The molecule has 0 saturated heterocycles. The van der Waals surface area contributed by atoms with Gasteiger partial charge in [0.2, 0.25) is 0 Å². The van der Waals surface area contributed by atoms with Gasteiger partial charge in [0.15, 0.2) is 11.6 Å². The third kappa shape index (κ3) is 1.75. The van der Waals surface area contributed by atoms with Crippen LogP contribution < -0.4 is 0 Å². The van der Waals surface area contributed by atoms with Gasteiger partial charge in [0.05, 0.1) is 6.42 Å². The Labute approximate surface area is 92.5 Å². The minimum atomic E-state index is -0.867. The second-order valence-corrected chi connectivity index (χ2v) is 4.37. The molecular weight excluding hydrogens is 211 g/mol. The normalized spacial score (nSPS) is 17.8. The fourth-order valence-corrected chi connectivity index (χ4v) is 2.30. The van der Waals surface area contributed by atoms with E-state index in [0.29, 0.717) is 5.56 Å². The molecule has 0 spiro atoms. The van der Waals surface area contributed by atoms with Crippen molar-refractivity contribution in [3.05, 3.63) is 29.6 Å². The molecule has 86 valence electrons. The Kier molecular flexibility index (Phi) is 2.58. The molecular formula is C12H13FO3. The lowest BCUT2D eigenvalue weighted by Gasteiger charge is -2.41. The largest absolute Gasteiger partial charge is 0.505 e. The first-order valence-electron chi connectivity index (χ1n) is 5.24. The van der Waals surface area contributed by atoms with Crippen molar-refractivity contribution in [1.82, 2.24) is 0 Å². The Morgan fingerprint density at radius 2 is 2.12 bits per heavy atom. The highest BCUT2D eigenvalue weighted by atomic mass is 19.1. The van der Waals surface area contributed by atoms with Crippen molar-refractivity contribution in [3.8, 4) is 5.75 Å². The Morgan fingerprint density at radius 1 is 1.44 bits per heavy atom. The minimum Gasteiger partial charge on any atom is -0.505 e. The number of aliphatic carboxylic acids is 1. The molecule has 0 radical (unpaired) electrons. The van der Waals surface area contributed by atoms with Crippen LogP contribution in [0, 0.1) is 5.82 Å². The Balaban J connectivity index is 2.33. The summed E-state index contributed by atoms with van der Waals surface area (Å²) < 4.78 is 13.2. The molecule has 0 heterocycles. The molecule has 0 atom stereocenters. The summed E-state index contributed by atoms with van der Waals surface area (Å²) in [6.45, 7) is 0. The summed E-state index contributed by atoms with van der Waals surface area (Å²) in [4.78, 5) is 10.8. The predicted molar refractivity (Wildman–Crippen MR) is 55.8 cm³/mol. The lowest BCUT2D eigenvalue weighted by atomic mass is 9.62. The SMILES string of the molecule is O=C(O)CC1(c2ccc(O)c(F)c2)CCC1. The number of benzene rings is 1. The summed E-state index contributed by atoms with van der Waals surface area (Å²) in [5, 5.41) is 17.9. The van der Waals surface area contributed by atoms with Crippen molar-refractivity contribution in [1.29, 1.82) is 0 Å². The Bertz CT molecular complexity index is 424. The van der Waals surface area contributed by atoms with Gasteiger partial charge in [-0.2, -0.15) is 0 Å². The van der Waals surface area contributed by atoms with Crippen molar-refractivity contribution >= 4 is 5.97 Å². The molecule has 0 aromatic heterocycles. The average molecular weight is 224 g/mol. The van der Waals surface area contributed by atoms with Gasteiger partial charge >= 0.3 is 5.97 Å². The molecule has 1 aromatic carbocycles. The summed E-state index contributed by atoms with van der Waals surface area (Å²) in [6, 6.07) is 4.14. The molecule has 2 rings (SSSR count). The topological polar surface area (TPSA) is 57.5 Å². The van der Waals surface area contributed by atoms with Crippen molar-refractivity contribution in [2.75, 3.05) is 0 Å². The van der Waals surface area contributed by atoms with Crippen LogP contribution in [-0.2, 0) is 10.2 Å². The second kappa shape index (κ2) is 3.77. The number of rotatable bonds is 3. The van der Waals surface area contributed by atoms with Gasteiger partial charge in [0, 0.05) is 5.41 Å². The molecule has 1 fully saturated rings. The van der Waals surface area contributed by atoms with Crippen molar-refractivity contribution < 1.29 is 19.4 Å². The van der Waals surface area contributed by atoms with E-state index in [1.54, 1.807) is 6.07 Å². The number of hydrogen-bond acceptors (Lipinski definition) is 2. The molecule has 4 heteroatoms. The first kappa shape index (κ1) is 10.9. The Morgan fingerprint density at radius 3 is 2.56 bits per heavy atom. The highest BCUT2D eigenvalue weighted by molar-refractivity contribution is 5.69. The van der Waals surface area contributed by atoms with E-state index >= 15 is 0 Å². The standard InChI is InChI=1S/C12H13FO3/c13-9-6-8(2-3-10(9)14)12(4-1-5-12)7-11(15)16/h2-3,6,14H,1,4-5,7H2,(H,15,16). The molecule has 0 bridgehead atoms. The van der Waals surface area contributed by atoms with Gasteiger partial charge in [0.1, 0.15) is 0 Å². The zero-order valence-electron chi connectivity index (χ0n) is 8.74. The number of carboxylic acids is 1. The molecule has 2 N–H and O–H groups in total. The molecule has 3 nitrogen and oxygen atoms in total. The number of phenolic OH excluding ortho intramolecular Hbond substituents is 1. The van der Waals surface area contributed by atoms with E-state index in [2.05, 4.69) is 0 Å². The maximum absolute atomic E-state index is 13.2. The highest BCUT2D eigenvalue weighted by Crippen LogP contribution is 2.47. The lowest BCUT2D eigenvalue weighted by Crippen LogP contribution is -2.36. The highest BCUT2D eigenvalue weighted by Gasteiger charge is 2.40. The number of phenols is 1. The third-order valence-corrected chi connectivity index (χ3v) is 3.36. The third-order valence-electron chi connectivity index (χ3n) is 3.36. The summed E-state index contributed by atoms with van der Waals surface area (Å²) >= 11 is 0. The van der Waals surface area contributed by atoms with Crippen molar-refractivity contribution in [2.45, 2.75) is 31.1 Å². The first-order chi connectivity index (χ1) is 7.53. The molecule has 0 unspecified atom stereocenters. The zero-order chi connectivity index (χ0) is 11.8. The van der Waals surface area contributed by atoms with Gasteiger partial charge in [0.25, 0.3) is 0 Å². The maximum atomic E-state index is 13.2. The molecule has 16 heavy (non-hydrogen) atoms. The summed E-state index contributed by atoms with van der Waals surface area (Å²) in [5.74, 6) is -1.95. The van der Waals surface area contributed by atoms with E-state index in [1.165, 1.54) is 12.1 Å². The first-order valence-corrected chi connectivity index (χ1v) is 5.24. The Hall–Kier alpha value is -1.58. The molecule has 1 saturated carbocycles. The number of hydrogen-bond donors (Lipinski definition) is 2. The van der Waals surface area contributed by atoms with Gasteiger partial charge in [-0.1, -0.05) is 12.5 Å². The van der Waals surface area contributed by atoms with E-state index in [0.717, 1.165) is 19.3 Å². The van der Waals surface area contributed by atoms with Crippen LogP contribution in [0.5, 0.6) is 5.75 Å². The molecule has 1 aliphatic rings. The van der Waals surface area contributed by atoms with Crippen molar-refractivity contribution in [2.24, 2.45) is 0 Å². The van der Waals surface area contributed by atoms with E-state index < -0.39 is 23.0 Å². The van der Waals surface area contributed by atoms with Crippen LogP contribution in [0.1, 0.15) is 31.2 Å². The summed E-state index contributed by atoms with van der Waals surface area (Å²) in [6.07, 6.45) is 2.53. The van der Waals surface area contributed by atoms with Gasteiger partial charge < -0.3 is 10.2 Å². The van der Waals surface area contributed by atoms with E-state index in [4.69, 9.17) is 10.2 Å². The number of aromatic hydroxyl groups is 1. The van der Waals surface area contributed by atoms with E-state index in [1.807, 2.05) is 0 Å². The van der Waals surface area contributed by atoms with Gasteiger partial charge in [-0.15, -0.1) is 0 Å². The van der Waals surface area contributed by atoms with Gasteiger partial charge in [-0.3, -0.25) is 4.79 Å². The second-order valence-electron chi connectivity index (χ2n) is 4.37. The van der Waals surface area contributed by atoms with E-state index in [9.17, 15) is 9.18 Å². The molecule has 1 aromatic rings. The van der Waals surface area contributed by atoms with E-state index in [-0.39, 0.29) is 6.42 Å². The minimum absolute atomic E-state index is 0.0250. The predicted octanol–water partition coefficient (Wildman–Crippen LogP) is 2.43. The van der Waals surface area contributed by atoms with Crippen LogP contribution in [0.25, 0.3) is 0 Å². The van der Waals surface area contributed by atoms with Crippen LogP contribution in [0.2, 0.25) is 0 Å². The fraction of sp³-hybridized carbons (Fsp3) is 0.417. The van der Waals surface area contributed by atoms with Crippen LogP contribution in [0.3, 0.4) is 0 Å². The van der Waals surface area contributed by atoms with Crippen LogP contribution >= 0.6 is 0 Å². The monoisotopic (exact) mass is 224 g/mol. The smallest absolute Gasteiger partial charge is 0.304 e.